The van der Waals surface area contributed by atoms with Gasteiger partial charge in [-0.2, -0.15) is 0 Å². The molecule has 0 bridgehead atoms. The van der Waals surface area contributed by atoms with Crippen LogP contribution in [0.2, 0.25) is 0 Å². The summed E-state index contributed by atoms with van der Waals surface area (Å²) < 4.78 is 0. The van der Waals surface area contributed by atoms with Gasteiger partial charge in [0.25, 0.3) is 0 Å². The molecule has 0 atom stereocenters. The Morgan fingerprint density at radius 3 is 2.33 bits per heavy atom. The number of carboxylic acid groups (broad SMARTS) is 1. The molecule has 0 unspecified atom stereocenters. The zero-order valence-electron chi connectivity index (χ0n) is 9.76. The SMILES string of the molecule is C=C(C(=O)O)c1cccc(-c2ccccc2)c1N. The van der Waals surface area contributed by atoms with Crippen LogP contribution in [0.4, 0.5) is 5.69 Å². The molecule has 0 fully saturated rings. The summed E-state index contributed by atoms with van der Waals surface area (Å²) in [5.74, 6) is -1.06. The van der Waals surface area contributed by atoms with Crippen LogP contribution in [-0.4, -0.2) is 11.1 Å². The number of rotatable bonds is 3. The molecule has 0 aliphatic heterocycles. The van der Waals surface area contributed by atoms with Crippen LogP contribution in [0.5, 0.6) is 0 Å². The molecule has 3 N–H and O–H groups in total. The summed E-state index contributed by atoms with van der Waals surface area (Å²) in [5, 5.41) is 8.97. The maximum Gasteiger partial charge on any atom is 0.335 e. The van der Waals surface area contributed by atoms with Crippen LogP contribution < -0.4 is 5.73 Å². The zero-order valence-corrected chi connectivity index (χ0v) is 9.76. The smallest absolute Gasteiger partial charge is 0.335 e. The number of hydrogen-bond donors (Lipinski definition) is 2. The van der Waals surface area contributed by atoms with Crippen molar-refractivity contribution >= 4 is 17.2 Å². The predicted octanol–water partition coefficient (Wildman–Crippen LogP) is 3.03. The van der Waals surface area contributed by atoms with E-state index >= 15 is 0 Å². The lowest BCUT2D eigenvalue weighted by Gasteiger charge is -2.11. The number of hydrogen-bond acceptors (Lipinski definition) is 2. The molecule has 2 rings (SSSR count). The Hall–Kier alpha value is -2.55. The Kier molecular flexibility index (Phi) is 3.15. The van der Waals surface area contributed by atoms with E-state index < -0.39 is 5.97 Å². The molecule has 0 aliphatic carbocycles. The Balaban J connectivity index is 2.56. The molecule has 2 aromatic carbocycles. The number of aliphatic carboxylic acids is 1. The first-order valence-electron chi connectivity index (χ1n) is 5.47. The number of anilines is 1. The van der Waals surface area contributed by atoms with E-state index in [2.05, 4.69) is 6.58 Å². The molecular formula is C15H13NO2. The molecule has 0 amide bonds. The Bertz CT molecular complexity index is 603. The third kappa shape index (κ3) is 2.11. The Morgan fingerprint density at radius 2 is 1.72 bits per heavy atom. The minimum atomic E-state index is -1.06. The molecule has 3 heteroatoms. The quantitative estimate of drug-likeness (QED) is 0.639. The molecule has 0 aromatic heterocycles. The third-order valence-electron chi connectivity index (χ3n) is 2.77. The predicted molar refractivity (Wildman–Crippen MR) is 73.0 cm³/mol. The molecule has 0 radical (unpaired) electrons. The van der Waals surface area contributed by atoms with Crippen molar-refractivity contribution < 1.29 is 9.90 Å². The van der Waals surface area contributed by atoms with Gasteiger partial charge in [0.2, 0.25) is 0 Å². The van der Waals surface area contributed by atoms with E-state index in [1.54, 1.807) is 12.1 Å². The second-order valence-corrected chi connectivity index (χ2v) is 3.92. The van der Waals surface area contributed by atoms with Crippen LogP contribution in [-0.2, 0) is 4.79 Å². The summed E-state index contributed by atoms with van der Waals surface area (Å²) in [6, 6.07) is 14.9. The van der Waals surface area contributed by atoms with Gasteiger partial charge in [0.05, 0.1) is 5.57 Å². The summed E-state index contributed by atoms with van der Waals surface area (Å²) >= 11 is 0. The standard InChI is InChI=1S/C15H13NO2/c1-10(15(17)18)12-8-5-9-13(14(12)16)11-6-3-2-4-7-11/h2-9H,1,16H2,(H,17,18). The van der Waals surface area contributed by atoms with Crippen LogP contribution in [0.25, 0.3) is 16.7 Å². The molecule has 90 valence electrons. The van der Waals surface area contributed by atoms with Crippen molar-refractivity contribution in [3.05, 3.63) is 60.7 Å². The molecule has 0 heterocycles. The molecule has 0 aliphatic rings. The van der Waals surface area contributed by atoms with Gasteiger partial charge < -0.3 is 10.8 Å². The summed E-state index contributed by atoms with van der Waals surface area (Å²) in [6.07, 6.45) is 0. The number of nitrogens with two attached hydrogens (primary N) is 1. The van der Waals surface area contributed by atoms with Gasteiger partial charge in [-0.15, -0.1) is 0 Å². The summed E-state index contributed by atoms with van der Waals surface area (Å²) in [5.41, 5.74) is 8.71. The molecule has 3 nitrogen and oxygen atoms in total. The topological polar surface area (TPSA) is 63.3 Å². The van der Waals surface area contributed by atoms with Gasteiger partial charge in [0.1, 0.15) is 0 Å². The molecule has 0 spiro atoms. The van der Waals surface area contributed by atoms with Gasteiger partial charge in [-0.25, -0.2) is 4.79 Å². The highest BCUT2D eigenvalue weighted by Gasteiger charge is 2.13. The molecule has 2 aromatic rings. The fourth-order valence-corrected chi connectivity index (χ4v) is 1.81. The average Bonchev–Trinajstić information content (AvgIpc) is 2.39. The summed E-state index contributed by atoms with van der Waals surface area (Å²) in [4.78, 5) is 10.9. The van der Waals surface area contributed by atoms with Crippen LogP contribution >= 0.6 is 0 Å². The first-order valence-corrected chi connectivity index (χ1v) is 5.47. The maximum atomic E-state index is 10.9. The van der Waals surface area contributed by atoms with E-state index in [-0.39, 0.29) is 5.57 Å². The normalized spacial score (nSPS) is 10.0. The number of nitrogen functional groups attached to an aromatic ring is 1. The van der Waals surface area contributed by atoms with Gasteiger partial charge in [-0.1, -0.05) is 55.1 Å². The fourth-order valence-electron chi connectivity index (χ4n) is 1.81. The average molecular weight is 239 g/mol. The van der Waals surface area contributed by atoms with Gasteiger partial charge in [-0.3, -0.25) is 0 Å². The molecular weight excluding hydrogens is 226 g/mol. The molecule has 0 saturated heterocycles. The van der Waals surface area contributed by atoms with Gasteiger partial charge in [-0.05, 0) is 5.56 Å². The second kappa shape index (κ2) is 4.75. The first-order chi connectivity index (χ1) is 8.61. The number of carboxylic acids is 1. The lowest BCUT2D eigenvalue weighted by Crippen LogP contribution is -2.03. The van der Waals surface area contributed by atoms with Gasteiger partial charge >= 0.3 is 5.97 Å². The van der Waals surface area contributed by atoms with Gasteiger partial charge in [0, 0.05) is 16.8 Å². The number of carbonyl (C=O) groups is 1. The van der Waals surface area contributed by atoms with Crippen molar-refractivity contribution in [3.8, 4) is 11.1 Å². The van der Waals surface area contributed by atoms with Crippen molar-refractivity contribution in [1.82, 2.24) is 0 Å². The highest BCUT2D eigenvalue weighted by Crippen LogP contribution is 2.31. The summed E-state index contributed by atoms with van der Waals surface area (Å²) in [7, 11) is 0. The fraction of sp³-hybridized carbons (Fsp3) is 0. The lowest BCUT2D eigenvalue weighted by atomic mass is 9.97. The van der Waals surface area contributed by atoms with Gasteiger partial charge in [0.15, 0.2) is 0 Å². The lowest BCUT2D eigenvalue weighted by molar-refractivity contribution is -0.130. The molecule has 18 heavy (non-hydrogen) atoms. The minimum absolute atomic E-state index is 0.00489. The second-order valence-electron chi connectivity index (χ2n) is 3.92. The van der Waals surface area contributed by atoms with E-state index in [4.69, 9.17) is 10.8 Å². The Morgan fingerprint density at radius 1 is 1.06 bits per heavy atom. The van der Waals surface area contributed by atoms with Crippen molar-refractivity contribution in [2.75, 3.05) is 5.73 Å². The Labute approximate surface area is 105 Å². The van der Waals surface area contributed by atoms with Crippen molar-refractivity contribution in [2.24, 2.45) is 0 Å². The first kappa shape index (κ1) is 11.9. The monoisotopic (exact) mass is 239 g/mol. The number of benzene rings is 2. The highest BCUT2D eigenvalue weighted by molar-refractivity contribution is 6.16. The van der Waals surface area contributed by atoms with E-state index in [0.29, 0.717) is 11.3 Å². The van der Waals surface area contributed by atoms with Crippen molar-refractivity contribution in [3.63, 3.8) is 0 Å². The van der Waals surface area contributed by atoms with E-state index in [1.165, 1.54) is 0 Å². The molecule has 0 saturated carbocycles. The summed E-state index contributed by atoms with van der Waals surface area (Å²) in [6.45, 7) is 3.54. The largest absolute Gasteiger partial charge is 0.478 e. The van der Waals surface area contributed by atoms with E-state index in [9.17, 15) is 4.79 Å². The van der Waals surface area contributed by atoms with Crippen LogP contribution in [0.1, 0.15) is 5.56 Å². The third-order valence-corrected chi connectivity index (χ3v) is 2.77. The zero-order chi connectivity index (χ0) is 13.1. The van der Waals surface area contributed by atoms with E-state index in [1.807, 2.05) is 36.4 Å². The van der Waals surface area contributed by atoms with Crippen LogP contribution in [0.3, 0.4) is 0 Å². The van der Waals surface area contributed by atoms with Crippen LogP contribution in [0, 0.1) is 0 Å². The van der Waals surface area contributed by atoms with Crippen molar-refractivity contribution in [1.29, 1.82) is 0 Å². The van der Waals surface area contributed by atoms with Crippen molar-refractivity contribution in [2.45, 2.75) is 0 Å². The number of para-hydroxylation sites is 1. The maximum absolute atomic E-state index is 10.9. The van der Waals surface area contributed by atoms with Crippen LogP contribution in [0.15, 0.2) is 55.1 Å². The van der Waals surface area contributed by atoms with E-state index in [0.717, 1.165) is 11.1 Å². The minimum Gasteiger partial charge on any atom is -0.478 e. The highest BCUT2D eigenvalue weighted by atomic mass is 16.4.